The van der Waals surface area contributed by atoms with Crippen LogP contribution in [-0.2, 0) is 41.6 Å². The molecule has 12 heteroatoms. The molecule has 3 amide bonds. The summed E-state index contributed by atoms with van der Waals surface area (Å²) < 4.78 is 51.5. The quantitative estimate of drug-likeness (QED) is 0.143. The normalized spacial score (nSPS) is 11.9. The predicted octanol–water partition coefficient (Wildman–Crippen LogP) is 5.45. The Hall–Kier alpha value is -5.78. The van der Waals surface area contributed by atoms with Gasteiger partial charge in [0.1, 0.15) is 17.5 Å². The lowest BCUT2D eigenvalue weighted by atomic mass is 10.0. The fourth-order valence-electron chi connectivity index (χ4n) is 5.66. The topological polar surface area (TPSA) is 125 Å². The van der Waals surface area contributed by atoms with Crippen LogP contribution >= 0.6 is 0 Å². The molecule has 0 saturated carbocycles. The molecule has 1 aromatic heterocycles. The van der Waals surface area contributed by atoms with E-state index in [9.17, 15) is 27.6 Å². The van der Waals surface area contributed by atoms with Crippen molar-refractivity contribution < 1.29 is 37.0 Å². The van der Waals surface area contributed by atoms with Gasteiger partial charge < -0.3 is 30.4 Å². The second-order valence-corrected chi connectivity index (χ2v) is 11.8. The molecule has 0 fully saturated rings. The molecule has 0 aliphatic heterocycles. The molecule has 0 aliphatic carbocycles. The maximum absolute atomic E-state index is 13.7. The molecule has 260 valence electrons. The monoisotopic (exact) mass is 686 g/mol. The lowest BCUT2D eigenvalue weighted by molar-refractivity contribution is -0.137. The Bertz CT molecular complexity index is 1950. The molecule has 0 aliphatic rings. The zero-order valence-electron chi connectivity index (χ0n) is 27.6. The third-order valence-electron chi connectivity index (χ3n) is 8.32. The van der Waals surface area contributed by atoms with Crippen LogP contribution in [-0.4, -0.2) is 49.1 Å². The molecule has 0 unspecified atom stereocenters. The lowest BCUT2D eigenvalue weighted by Crippen LogP contribution is -2.48. The fraction of sp³-hybridized carbons (Fsp3) is 0.237. The summed E-state index contributed by atoms with van der Waals surface area (Å²) in [6, 6.07) is 23.6. The second kappa shape index (κ2) is 15.6. The molecule has 0 radical (unpaired) electrons. The number of hydrogen-bond donors (Lipinski definition) is 3. The Morgan fingerprint density at radius 1 is 0.820 bits per heavy atom. The van der Waals surface area contributed by atoms with E-state index < -0.39 is 29.6 Å². The van der Waals surface area contributed by atoms with Gasteiger partial charge in [-0.2, -0.15) is 13.2 Å². The van der Waals surface area contributed by atoms with Crippen molar-refractivity contribution in [2.75, 3.05) is 20.8 Å². The molecule has 5 rings (SSSR count). The molecule has 0 spiro atoms. The summed E-state index contributed by atoms with van der Waals surface area (Å²) >= 11 is 0. The smallest absolute Gasteiger partial charge is 0.416 e. The summed E-state index contributed by atoms with van der Waals surface area (Å²) in [7, 11) is 3.15. The first kappa shape index (κ1) is 35.5. The molecule has 4 N–H and O–H groups in total. The zero-order chi connectivity index (χ0) is 35.8. The Kier molecular flexibility index (Phi) is 11.1. The van der Waals surface area contributed by atoms with Crippen LogP contribution in [0, 0.1) is 0 Å². The average molecular weight is 687 g/mol. The van der Waals surface area contributed by atoms with Crippen molar-refractivity contribution in [3.63, 3.8) is 0 Å². The number of carbonyl (C=O) groups is 3. The summed E-state index contributed by atoms with van der Waals surface area (Å²) in [5, 5.41) is 6.39. The van der Waals surface area contributed by atoms with Gasteiger partial charge in [0, 0.05) is 42.2 Å². The van der Waals surface area contributed by atoms with E-state index in [-0.39, 0.29) is 30.9 Å². The minimum Gasteiger partial charge on any atom is -0.497 e. The standard InChI is InChI=1S/C38H37F3N4O5/c1-49-30-12-5-24(6-13-30)17-18-43-37(48)33(19-25-7-14-31(50-2)15-8-25)44-36(47)27-9-16-34-32(20-27)28(21-35(42)46)23-45(34)22-26-3-10-29(11-4-26)38(39,40)41/h3-16,20,23,33H,17-19,21-22H2,1-2H3,(H2,42,46)(H,43,48)(H,44,47)/t33-/m0/s1. The van der Waals surface area contributed by atoms with Crippen molar-refractivity contribution >= 4 is 28.6 Å². The largest absolute Gasteiger partial charge is 0.497 e. The average Bonchev–Trinajstić information content (AvgIpc) is 3.43. The van der Waals surface area contributed by atoms with Crippen molar-refractivity contribution in [3.8, 4) is 11.5 Å². The highest BCUT2D eigenvalue weighted by Crippen LogP contribution is 2.30. The van der Waals surface area contributed by atoms with Crippen LogP contribution in [0.5, 0.6) is 11.5 Å². The van der Waals surface area contributed by atoms with Crippen molar-refractivity contribution in [1.29, 1.82) is 0 Å². The maximum atomic E-state index is 13.7. The summed E-state index contributed by atoms with van der Waals surface area (Å²) in [5.74, 6) is -0.0595. The summed E-state index contributed by atoms with van der Waals surface area (Å²) in [5.41, 5.74) is 8.66. The van der Waals surface area contributed by atoms with E-state index in [2.05, 4.69) is 10.6 Å². The Morgan fingerprint density at radius 2 is 1.42 bits per heavy atom. The third kappa shape index (κ3) is 9.01. The number of hydrogen-bond acceptors (Lipinski definition) is 5. The first-order valence-electron chi connectivity index (χ1n) is 15.8. The van der Waals surface area contributed by atoms with E-state index in [1.807, 2.05) is 36.4 Å². The summed E-state index contributed by atoms with van der Waals surface area (Å²) in [4.78, 5) is 39.1. The van der Waals surface area contributed by atoms with Crippen LogP contribution in [0.25, 0.3) is 10.9 Å². The number of rotatable bonds is 14. The molecule has 1 heterocycles. The van der Waals surface area contributed by atoms with Gasteiger partial charge in [0.2, 0.25) is 11.8 Å². The number of alkyl halides is 3. The number of carbonyl (C=O) groups excluding carboxylic acids is 3. The third-order valence-corrected chi connectivity index (χ3v) is 8.32. The van der Waals surface area contributed by atoms with Crippen LogP contribution in [0.4, 0.5) is 13.2 Å². The number of nitrogens with zero attached hydrogens (tertiary/aromatic N) is 1. The summed E-state index contributed by atoms with van der Waals surface area (Å²) in [6.07, 6.45) is -2.07. The van der Waals surface area contributed by atoms with Crippen LogP contribution in [0.3, 0.4) is 0 Å². The van der Waals surface area contributed by atoms with Gasteiger partial charge in [-0.1, -0.05) is 36.4 Å². The predicted molar refractivity (Wildman–Crippen MR) is 183 cm³/mol. The van der Waals surface area contributed by atoms with Crippen LogP contribution in [0.1, 0.15) is 38.2 Å². The number of benzene rings is 4. The van der Waals surface area contributed by atoms with Gasteiger partial charge in [-0.3, -0.25) is 14.4 Å². The highest BCUT2D eigenvalue weighted by Gasteiger charge is 2.30. The zero-order valence-corrected chi connectivity index (χ0v) is 27.6. The van der Waals surface area contributed by atoms with E-state index in [4.69, 9.17) is 15.2 Å². The van der Waals surface area contributed by atoms with Gasteiger partial charge in [-0.05, 0) is 83.3 Å². The first-order chi connectivity index (χ1) is 23.9. The number of fused-ring (bicyclic) bond motifs is 1. The van der Waals surface area contributed by atoms with Gasteiger partial charge in [0.05, 0.1) is 26.2 Å². The number of methoxy groups -OCH3 is 2. The molecule has 50 heavy (non-hydrogen) atoms. The Morgan fingerprint density at radius 3 is 2.00 bits per heavy atom. The molecular formula is C38H37F3N4O5. The van der Waals surface area contributed by atoms with Crippen molar-refractivity contribution in [2.45, 2.75) is 38.0 Å². The number of primary amides is 1. The van der Waals surface area contributed by atoms with Crippen LogP contribution in [0.2, 0.25) is 0 Å². The highest BCUT2D eigenvalue weighted by molar-refractivity contribution is 6.01. The van der Waals surface area contributed by atoms with E-state index in [0.717, 1.165) is 29.0 Å². The van der Waals surface area contributed by atoms with Gasteiger partial charge in [-0.15, -0.1) is 0 Å². The maximum Gasteiger partial charge on any atom is 0.416 e. The minimum absolute atomic E-state index is 0.113. The molecule has 9 nitrogen and oxygen atoms in total. The molecular weight excluding hydrogens is 649 g/mol. The van der Waals surface area contributed by atoms with Gasteiger partial charge in [0.15, 0.2) is 0 Å². The van der Waals surface area contributed by atoms with E-state index in [0.29, 0.717) is 40.7 Å². The van der Waals surface area contributed by atoms with Gasteiger partial charge in [0.25, 0.3) is 5.91 Å². The van der Waals surface area contributed by atoms with E-state index in [1.165, 1.54) is 12.1 Å². The van der Waals surface area contributed by atoms with Crippen molar-refractivity contribution in [3.05, 3.63) is 131 Å². The first-order valence-corrected chi connectivity index (χ1v) is 15.8. The SMILES string of the molecule is COc1ccc(CCNC(=O)[C@H](Cc2ccc(OC)cc2)NC(=O)c2ccc3c(c2)c(CC(N)=O)cn3Cc2ccc(C(F)(F)F)cc2)cc1. The van der Waals surface area contributed by atoms with Crippen molar-refractivity contribution in [1.82, 2.24) is 15.2 Å². The molecule has 0 bridgehead atoms. The minimum atomic E-state index is -4.45. The second-order valence-electron chi connectivity index (χ2n) is 11.8. The van der Waals surface area contributed by atoms with E-state index in [1.54, 1.807) is 55.3 Å². The number of halogens is 3. The molecule has 4 aromatic carbocycles. The number of nitrogens with two attached hydrogens (primary N) is 1. The Labute approximate surface area is 287 Å². The van der Waals surface area contributed by atoms with Gasteiger partial charge in [-0.25, -0.2) is 0 Å². The van der Waals surface area contributed by atoms with E-state index >= 15 is 0 Å². The molecule has 5 aromatic rings. The molecule has 1 atom stereocenters. The van der Waals surface area contributed by atoms with Crippen molar-refractivity contribution in [2.24, 2.45) is 5.73 Å². The fourth-order valence-corrected chi connectivity index (χ4v) is 5.66. The van der Waals surface area contributed by atoms with Gasteiger partial charge >= 0.3 is 6.18 Å². The number of amides is 3. The lowest BCUT2D eigenvalue weighted by Gasteiger charge is -2.19. The number of ether oxygens (including phenoxy) is 2. The number of aromatic nitrogens is 1. The Balaban J connectivity index is 1.36. The van der Waals surface area contributed by atoms with Crippen LogP contribution in [0.15, 0.2) is 97.2 Å². The summed E-state index contributed by atoms with van der Waals surface area (Å²) in [6.45, 7) is 0.564. The molecule has 0 saturated heterocycles. The van der Waals surface area contributed by atoms with Crippen LogP contribution < -0.4 is 25.8 Å². The number of nitrogens with one attached hydrogen (secondary N) is 2. The highest BCUT2D eigenvalue weighted by atomic mass is 19.4.